The van der Waals surface area contributed by atoms with Crippen LogP contribution in [0.4, 0.5) is 0 Å². The highest BCUT2D eigenvalue weighted by Crippen LogP contribution is 2.28. The van der Waals surface area contributed by atoms with Crippen molar-refractivity contribution in [2.75, 3.05) is 13.2 Å². The second kappa shape index (κ2) is 6.44. The van der Waals surface area contributed by atoms with Crippen LogP contribution in [0.3, 0.4) is 0 Å². The van der Waals surface area contributed by atoms with E-state index in [9.17, 15) is 4.79 Å². The van der Waals surface area contributed by atoms with Gasteiger partial charge >= 0.3 is 5.97 Å². The van der Waals surface area contributed by atoms with Gasteiger partial charge in [-0.25, -0.2) is 0 Å². The summed E-state index contributed by atoms with van der Waals surface area (Å²) in [5.74, 6) is -0.100. The first-order valence-electron chi connectivity index (χ1n) is 8.17. The number of hydrogen-bond acceptors (Lipinski definition) is 4. The average molecular weight is 282 g/mol. The molecule has 116 valence electrons. The lowest BCUT2D eigenvalue weighted by molar-refractivity contribution is -0.152. The molecule has 0 spiro atoms. The molecule has 1 aliphatic carbocycles. The van der Waals surface area contributed by atoms with Crippen molar-refractivity contribution < 1.29 is 9.53 Å². The fourth-order valence-electron chi connectivity index (χ4n) is 3.29. The molecule has 0 aromatic heterocycles. The molecule has 2 fully saturated rings. The molecule has 2 rings (SSSR count). The van der Waals surface area contributed by atoms with Crippen LogP contribution < -0.4 is 5.32 Å². The summed E-state index contributed by atoms with van der Waals surface area (Å²) in [5, 5.41) is 3.52. The third kappa shape index (κ3) is 3.73. The summed E-state index contributed by atoms with van der Waals surface area (Å²) in [6.45, 7) is 9.65. The number of carbonyl (C=O) groups excluding carboxylic acids is 1. The van der Waals surface area contributed by atoms with Crippen molar-refractivity contribution in [2.45, 2.75) is 83.5 Å². The van der Waals surface area contributed by atoms with Gasteiger partial charge in [0.05, 0.1) is 6.61 Å². The molecule has 1 unspecified atom stereocenters. The molecule has 1 heterocycles. The number of ether oxygens (including phenoxy) is 1. The van der Waals surface area contributed by atoms with E-state index in [0.717, 1.165) is 6.54 Å². The Balaban J connectivity index is 2.07. The average Bonchev–Trinajstić information content (AvgIpc) is 3.18. The standard InChI is InChI=1S/C16H30N2O2/c1-5-20-15(19)16(4,17-14-9-10-14)11-18-12(2)7-6-8-13(18)3/h12-14,17H,5-11H2,1-4H3/t12-,13+,16?. The normalized spacial score (nSPS) is 30.8. The van der Waals surface area contributed by atoms with E-state index in [1.54, 1.807) is 0 Å². The fraction of sp³-hybridized carbons (Fsp3) is 0.938. The Labute approximate surface area is 123 Å². The maximum Gasteiger partial charge on any atom is 0.327 e. The summed E-state index contributed by atoms with van der Waals surface area (Å²) < 4.78 is 5.32. The molecule has 3 atom stereocenters. The summed E-state index contributed by atoms with van der Waals surface area (Å²) in [5.41, 5.74) is -0.572. The van der Waals surface area contributed by atoms with Crippen molar-refractivity contribution in [3.63, 3.8) is 0 Å². The molecule has 0 amide bonds. The lowest BCUT2D eigenvalue weighted by atomic mass is 9.93. The van der Waals surface area contributed by atoms with Gasteiger partial charge in [-0.2, -0.15) is 0 Å². The van der Waals surface area contributed by atoms with E-state index in [2.05, 4.69) is 24.1 Å². The minimum absolute atomic E-state index is 0.100. The molecule has 0 aromatic carbocycles. The van der Waals surface area contributed by atoms with Gasteiger partial charge in [-0.15, -0.1) is 0 Å². The first kappa shape index (κ1) is 15.8. The zero-order chi connectivity index (χ0) is 14.8. The second-order valence-corrected chi connectivity index (χ2v) is 6.77. The molecule has 4 heteroatoms. The van der Waals surface area contributed by atoms with Crippen molar-refractivity contribution in [3.8, 4) is 0 Å². The SMILES string of the molecule is CCOC(=O)C(C)(CN1[C@H](C)CCC[C@@H]1C)NC1CC1. The molecule has 4 nitrogen and oxygen atoms in total. The maximum atomic E-state index is 12.4. The number of nitrogens with zero attached hydrogens (tertiary/aromatic N) is 1. The summed E-state index contributed by atoms with van der Waals surface area (Å²) in [6.07, 6.45) is 6.12. The number of rotatable bonds is 6. The van der Waals surface area contributed by atoms with Gasteiger partial charge in [0.25, 0.3) is 0 Å². The van der Waals surface area contributed by atoms with E-state index in [1.165, 1.54) is 32.1 Å². The van der Waals surface area contributed by atoms with E-state index in [-0.39, 0.29) is 5.97 Å². The highest BCUT2D eigenvalue weighted by Gasteiger charge is 2.43. The molecule has 20 heavy (non-hydrogen) atoms. The highest BCUT2D eigenvalue weighted by molar-refractivity contribution is 5.80. The van der Waals surface area contributed by atoms with Crippen molar-refractivity contribution >= 4 is 5.97 Å². The van der Waals surface area contributed by atoms with Crippen LogP contribution in [-0.4, -0.2) is 47.7 Å². The Morgan fingerprint density at radius 2 is 1.85 bits per heavy atom. The van der Waals surface area contributed by atoms with Crippen LogP contribution in [0.15, 0.2) is 0 Å². The van der Waals surface area contributed by atoms with Crippen LogP contribution in [0, 0.1) is 0 Å². The molecule has 1 saturated heterocycles. The smallest absolute Gasteiger partial charge is 0.327 e. The number of likely N-dealkylation sites (tertiary alicyclic amines) is 1. The molecule has 0 radical (unpaired) electrons. The largest absolute Gasteiger partial charge is 0.465 e. The Bertz CT molecular complexity index is 333. The van der Waals surface area contributed by atoms with Gasteiger partial charge in [0, 0.05) is 24.7 Å². The Kier molecular flexibility index (Phi) is 5.08. The maximum absolute atomic E-state index is 12.4. The van der Waals surface area contributed by atoms with E-state index >= 15 is 0 Å². The predicted molar refractivity (Wildman–Crippen MR) is 80.7 cm³/mol. The zero-order valence-electron chi connectivity index (χ0n) is 13.4. The first-order chi connectivity index (χ1) is 9.46. The number of piperidine rings is 1. The molecule has 1 N–H and O–H groups in total. The molecular weight excluding hydrogens is 252 g/mol. The third-order valence-corrected chi connectivity index (χ3v) is 4.70. The second-order valence-electron chi connectivity index (χ2n) is 6.77. The van der Waals surface area contributed by atoms with Crippen LogP contribution in [0.25, 0.3) is 0 Å². The van der Waals surface area contributed by atoms with Gasteiger partial charge in [-0.3, -0.25) is 15.0 Å². The van der Waals surface area contributed by atoms with Crippen LogP contribution in [-0.2, 0) is 9.53 Å². The number of hydrogen-bond donors (Lipinski definition) is 1. The van der Waals surface area contributed by atoms with Crippen molar-refractivity contribution in [1.29, 1.82) is 0 Å². The summed E-state index contributed by atoms with van der Waals surface area (Å²) in [6, 6.07) is 1.60. The van der Waals surface area contributed by atoms with Crippen molar-refractivity contribution in [1.82, 2.24) is 10.2 Å². The number of nitrogens with one attached hydrogen (secondary N) is 1. The van der Waals surface area contributed by atoms with Gasteiger partial charge in [0.15, 0.2) is 0 Å². The topological polar surface area (TPSA) is 41.6 Å². The quantitative estimate of drug-likeness (QED) is 0.759. The van der Waals surface area contributed by atoms with Gasteiger partial charge in [0.1, 0.15) is 5.54 Å². The van der Waals surface area contributed by atoms with Gasteiger partial charge in [-0.1, -0.05) is 6.42 Å². The Morgan fingerprint density at radius 1 is 1.25 bits per heavy atom. The van der Waals surface area contributed by atoms with E-state index < -0.39 is 5.54 Å². The van der Waals surface area contributed by atoms with E-state index in [0.29, 0.717) is 24.7 Å². The van der Waals surface area contributed by atoms with E-state index in [1.807, 2.05) is 13.8 Å². The Hall–Kier alpha value is -0.610. The fourth-order valence-corrected chi connectivity index (χ4v) is 3.29. The minimum atomic E-state index is -0.572. The van der Waals surface area contributed by atoms with Crippen molar-refractivity contribution in [3.05, 3.63) is 0 Å². The lowest BCUT2D eigenvalue weighted by Gasteiger charge is -2.43. The molecule has 2 aliphatic rings. The van der Waals surface area contributed by atoms with Crippen LogP contribution in [0.5, 0.6) is 0 Å². The molecule has 0 bridgehead atoms. The third-order valence-electron chi connectivity index (χ3n) is 4.70. The van der Waals surface area contributed by atoms with Gasteiger partial charge in [0.2, 0.25) is 0 Å². The monoisotopic (exact) mass is 282 g/mol. The minimum Gasteiger partial charge on any atom is -0.465 e. The molecule has 1 aliphatic heterocycles. The lowest BCUT2D eigenvalue weighted by Crippen LogP contribution is -2.61. The molecule has 1 saturated carbocycles. The zero-order valence-corrected chi connectivity index (χ0v) is 13.4. The Morgan fingerprint density at radius 3 is 2.35 bits per heavy atom. The first-order valence-corrected chi connectivity index (χ1v) is 8.17. The highest BCUT2D eigenvalue weighted by atomic mass is 16.5. The van der Waals surface area contributed by atoms with Crippen LogP contribution >= 0.6 is 0 Å². The number of carbonyl (C=O) groups is 1. The van der Waals surface area contributed by atoms with Crippen molar-refractivity contribution in [2.24, 2.45) is 0 Å². The van der Waals surface area contributed by atoms with Crippen LogP contribution in [0.1, 0.15) is 59.8 Å². The van der Waals surface area contributed by atoms with Crippen LogP contribution in [0.2, 0.25) is 0 Å². The molecular formula is C16H30N2O2. The van der Waals surface area contributed by atoms with Gasteiger partial charge in [-0.05, 0) is 53.4 Å². The summed E-state index contributed by atoms with van der Waals surface area (Å²) >= 11 is 0. The predicted octanol–water partition coefficient (Wildman–Crippen LogP) is 2.32. The summed E-state index contributed by atoms with van der Waals surface area (Å²) in [4.78, 5) is 14.9. The van der Waals surface area contributed by atoms with Gasteiger partial charge < -0.3 is 4.74 Å². The summed E-state index contributed by atoms with van der Waals surface area (Å²) in [7, 11) is 0. The van der Waals surface area contributed by atoms with E-state index in [4.69, 9.17) is 4.74 Å². The number of esters is 1. The molecule has 0 aromatic rings.